The number of hydrogen-bond acceptors (Lipinski definition) is 7. The maximum Gasteiger partial charge on any atom is 0.348 e. The Hall–Kier alpha value is -3.36. The molecule has 1 N–H and O–H groups in total. The fourth-order valence-corrected chi connectivity index (χ4v) is 4.33. The molecule has 0 bridgehead atoms. The second-order valence-corrected chi connectivity index (χ2v) is 8.56. The van der Waals surface area contributed by atoms with Gasteiger partial charge in [0.2, 0.25) is 0 Å². The van der Waals surface area contributed by atoms with E-state index in [1.165, 1.54) is 0 Å². The summed E-state index contributed by atoms with van der Waals surface area (Å²) >= 11 is 6.87. The Morgan fingerprint density at radius 2 is 1.65 bits per heavy atom. The second kappa shape index (κ2) is 11.7. The van der Waals surface area contributed by atoms with E-state index in [2.05, 4.69) is 5.32 Å². The molecule has 3 rings (SSSR count). The van der Waals surface area contributed by atoms with Crippen molar-refractivity contribution in [2.45, 2.75) is 27.4 Å². The topological polar surface area (TPSA) is 90.9 Å². The monoisotopic (exact) mass is 501 g/mol. The first-order chi connectivity index (χ1) is 16.3. The van der Waals surface area contributed by atoms with Crippen LogP contribution in [-0.2, 0) is 16.1 Å². The first-order valence-electron chi connectivity index (χ1n) is 10.6. The zero-order chi connectivity index (χ0) is 24.7. The molecule has 0 aliphatic rings. The summed E-state index contributed by atoms with van der Waals surface area (Å²) in [7, 11) is 0. The summed E-state index contributed by atoms with van der Waals surface area (Å²) in [4.78, 5) is 38.1. The fraction of sp³-hybridized carbons (Fsp3) is 0.240. The Bertz CT molecular complexity index is 1190. The quantitative estimate of drug-likeness (QED) is 0.367. The van der Waals surface area contributed by atoms with Crippen LogP contribution in [0.2, 0.25) is 5.02 Å². The average molecular weight is 502 g/mol. The van der Waals surface area contributed by atoms with Crippen LogP contribution in [0.25, 0.3) is 0 Å². The second-order valence-electron chi connectivity index (χ2n) is 7.10. The van der Waals surface area contributed by atoms with Crippen molar-refractivity contribution in [3.8, 4) is 5.75 Å². The Morgan fingerprint density at radius 1 is 0.971 bits per heavy atom. The van der Waals surface area contributed by atoms with Crippen molar-refractivity contribution in [1.29, 1.82) is 0 Å². The number of ether oxygens (including phenoxy) is 3. The third kappa shape index (κ3) is 6.15. The van der Waals surface area contributed by atoms with E-state index in [-0.39, 0.29) is 35.3 Å². The van der Waals surface area contributed by atoms with Crippen molar-refractivity contribution in [2.24, 2.45) is 0 Å². The van der Waals surface area contributed by atoms with Crippen LogP contribution in [0.5, 0.6) is 5.75 Å². The maximum absolute atomic E-state index is 13.0. The highest BCUT2D eigenvalue weighted by Gasteiger charge is 2.27. The molecule has 0 fully saturated rings. The van der Waals surface area contributed by atoms with E-state index < -0.39 is 17.8 Å². The van der Waals surface area contributed by atoms with E-state index in [9.17, 15) is 14.4 Å². The van der Waals surface area contributed by atoms with E-state index in [4.69, 9.17) is 25.8 Å². The first kappa shape index (κ1) is 25.3. The van der Waals surface area contributed by atoms with Crippen LogP contribution in [0.1, 0.15) is 55.4 Å². The van der Waals surface area contributed by atoms with Crippen LogP contribution in [-0.4, -0.2) is 31.1 Å². The molecule has 0 aliphatic heterocycles. The minimum atomic E-state index is -0.618. The summed E-state index contributed by atoms with van der Waals surface area (Å²) in [6, 6.07) is 13.9. The Labute approximate surface area is 206 Å². The fourth-order valence-electron chi connectivity index (χ4n) is 3.12. The molecule has 1 heterocycles. The third-order valence-electron chi connectivity index (χ3n) is 4.72. The molecule has 3 aromatic rings. The molecule has 0 radical (unpaired) electrons. The van der Waals surface area contributed by atoms with Gasteiger partial charge in [-0.15, -0.1) is 11.3 Å². The van der Waals surface area contributed by atoms with Crippen molar-refractivity contribution in [2.75, 3.05) is 18.5 Å². The maximum atomic E-state index is 13.0. The number of rotatable bonds is 9. The smallest absolute Gasteiger partial charge is 0.348 e. The van der Waals surface area contributed by atoms with Crippen LogP contribution in [0.3, 0.4) is 0 Å². The van der Waals surface area contributed by atoms with Crippen molar-refractivity contribution >= 4 is 45.8 Å². The molecule has 0 atom stereocenters. The van der Waals surface area contributed by atoms with Gasteiger partial charge in [0, 0.05) is 10.6 Å². The summed E-state index contributed by atoms with van der Waals surface area (Å²) in [6.45, 7) is 5.60. The summed E-state index contributed by atoms with van der Waals surface area (Å²) < 4.78 is 16.0. The van der Waals surface area contributed by atoms with Crippen LogP contribution < -0.4 is 10.1 Å². The predicted molar refractivity (Wildman–Crippen MR) is 131 cm³/mol. The number of anilines is 1. The molecule has 0 spiro atoms. The Morgan fingerprint density at radius 3 is 2.32 bits per heavy atom. The zero-order valence-corrected chi connectivity index (χ0v) is 20.5. The predicted octanol–water partition coefficient (Wildman–Crippen LogP) is 5.89. The molecule has 1 amide bonds. The van der Waals surface area contributed by atoms with Gasteiger partial charge < -0.3 is 19.5 Å². The van der Waals surface area contributed by atoms with E-state index >= 15 is 0 Å². The number of carbonyl (C=O) groups is 3. The highest BCUT2D eigenvalue weighted by atomic mass is 35.5. The van der Waals surface area contributed by atoms with Crippen molar-refractivity contribution in [1.82, 2.24) is 0 Å². The molecule has 0 saturated heterocycles. The molecule has 0 saturated carbocycles. The van der Waals surface area contributed by atoms with Crippen LogP contribution >= 0.6 is 22.9 Å². The van der Waals surface area contributed by atoms with Crippen molar-refractivity contribution in [3.05, 3.63) is 80.7 Å². The number of amides is 1. The number of thiophene rings is 1. The number of halogens is 1. The lowest BCUT2D eigenvalue weighted by Gasteiger charge is -2.09. The molecule has 1 aromatic heterocycles. The Kier molecular flexibility index (Phi) is 8.67. The van der Waals surface area contributed by atoms with Crippen LogP contribution in [0.15, 0.2) is 48.5 Å². The standard InChI is InChI=1S/C25H24ClNO6S/c1-4-31-24(29)20-15(3)21(25(30)32-5-2)34-23(20)27-22(28)17-8-6-7-16(13-17)14-33-19-11-9-18(26)10-12-19/h6-13H,4-5,14H2,1-3H3,(H,27,28). The van der Waals surface area contributed by atoms with E-state index in [1.54, 1.807) is 63.2 Å². The van der Waals surface area contributed by atoms with Gasteiger partial charge >= 0.3 is 11.9 Å². The van der Waals surface area contributed by atoms with Gasteiger partial charge in [-0.3, -0.25) is 4.79 Å². The van der Waals surface area contributed by atoms with Crippen molar-refractivity contribution in [3.63, 3.8) is 0 Å². The SMILES string of the molecule is CCOC(=O)c1sc(NC(=O)c2cccc(COc3ccc(Cl)cc3)c2)c(C(=O)OCC)c1C. The lowest BCUT2D eigenvalue weighted by molar-refractivity contribution is 0.0527. The van der Waals surface area contributed by atoms with Gasteiger partial charge in [0.15, 0.2) is 0 Å². The van der Waals surface area contributed by atoms with Gasteiger partial charge in [-0.1, -0.05) is 23.7 Å². The molecule has 178 valence electrons. The van der Waals surface area contributed by atoms with Crippen LogP contribution in [0.4, 0.5) is 5.00 Å². The molecule has 34 heavy (non-hydrogen) atoms. The minimum absolute atomic E-state index is 0.144. The van der Waals surface area contributed by atoms with E-state index in [0.29, 0.717) is 21.9 Å². The summed E-state index contributed by atoms with van der Waals surface area (Å²) in [6.07, 6.45) is 0. The molecule has 0 aliphatic carbocycles. The molecular formula is C25H24ClNO6S. The Balaban J connectivity index is 1.81. The molecule has 7 nitrogen and oxygen atoms in total. The van der Waals surface area contributed by atoms with Gasteiger partial charge in [0.25, 0.3) is 5.91 Å². The van der Waals surface area contributed by atoms with Gasteiger partial charge in [-0.2, -0.15) is 0 Å². The largest absolute Gasteiger partial charge is 0.489 e. The molecule has 2 aromatic carbocycles. The first-order valence-corrected chi connectivity index (χ1v) is 11.8. The van der Waals surface area contributed by atoms with Gasteiger partial charge in [0.05, 0.1) is 18.8 Å². The third-order valence-corrected chi connectivity index (χ3v) is 6.16. The summed E-state index contributed by atoms with van der Waals surface area (Å²) in [5, 5.41) is 3.59. The number of carbonyl (C=O) groups excluding carboxylic acids is 3. The summed E-state index contributed by atoms with van der Waals surface area (Å²) in [5.41, 5.74) is 1.70. The highest BCUT2D eigenvalue weighted by Crippen LogP contribution is 2.34. The zero-order valence-electron chi connectivity index (χ0n) is 19.0. The minimum Gasteiger partial charge on any atom is -0.489 e. The lowest BCUT2D eigenvalue weighted by Crippen LogP contribution is -2.15. The van der Waals surface area contributed by atoms with Gasteiger partial charge in [-0.05, 0) is 68.3 Å². The molecular weight excluding hydrogens is 478 g/mol. The van der Waals surface area contributed by atoms with E-state index in [0.717, 1.165) is 16.9 Å². The van der Waals surface area contributed by atoms with Crippen LogP contribution in [0, 0.1) is 6.92 Å². The van der Waals surface area contributed by atoms with Gasteiger partial charge in [-0.25, -0.2) is 9.59 Å². The molecule has 0 unspecified atom stereocenters. The summed E-state index contributed by atoms with van der Waals surface area (Å²) in [5.74, 6) is -0.959. The molecule has 9 heteroatoms. The highest BCUT2D eigenvalue weighted by molar-refractivity contribution is 7.18. The van der Waals surface area contributed by atoms with E-state index in [1.807, 2.05) is 6.07 Å². The van der Waals surface area contributed by atoms with Crippen molar-refractivity contribution < 1.29 is 28.6 Å². The number of nitrogens with one attached hydrogen (secondary N) is 1. The number of benzene rings is 2. The average Bonchev–Trinajstić information content (AvgIpc) is 3.15. The lowest BCUT2D eigenvalue weighted by atomic mass is 10.1. The number of esters is 2. The number of hydrogen-bond donors (Lipinski definition) is 1. The normalized spacial score (nSPS) is 10.5. The van der Waals surface area contributed by atoms with Gasteiger partial charge in [0.1, 0.15) is 22.2 Å².